The number of carbonyl (C=O) groups excluding carboxylic acids is 2. The predicted molar refractivity (Wildman–Crippen MR) is 111 cm³/mol. The van der Waals surface area contributed by atoms with Crippen molar-refractivity contribution in [2.45, 2.75) is 44.2 Å². The van der Waals surface area contributed by atoms with Crippen molar-refractivity contribution in [3.05, 3.63) is 61.8 Å². The maximum absolute atomic E-state index is 14.2. The second-order valence-corrected chi connectivity index (χ2v) is 8.89. The number of carbonyl (C=O) groups is 2. The first kappa shape index (κ1) is 20.1. The fraction of sp³-hybridized carbons (Fsp3) is 0.409. The maximum atomic E-state index is 14.2. The van der Waals surface area contributed by atoms with Crippen molar-refractivity contribution < 1.29 is 19.1 Å². The minimum absolute atomic E-state index is 0.0110. The highest BCUT2D eigenvalue weighted by Crippen LogP contribution is 2.45. The molecule has 0 aliphatic carbocycles. The molecule has 31 heavy (non-hydrogen) atoms. The lowest BCUT2D eigenvalue weighted by molar-refractivity contribution is 0.0584. The summed E-state index contributed by atoms with van der Waals surface area (Å²) in [5.41, 5.74) is -0.805. The first-order valence-electron chi connectivity index (χ1n) is 10.4. The number of pyridine rings is 1. The number of aromatic nitrogens is 1. The number of fused-ring (bicyclic) bond motifs is 1. The van der Waals surface area contributed by atoms with Crippen LogP contribution in [0.2, 0.25) is 5.02 Å². The SMILES string of the molecule is O=C(NCc1cccc(Cl)c1F)c1c2n3c(c(O)c1=O)C(=O)N1CCCCC3(CC2)C1. The Hall–Kier alpha value is -2.87. The molecule has 4 heterocycles. The highest BCUT2D eigenvalue weighted by molar-refractivity contribution is 6.30. The van der Waals surface area contributed by atoms with E-state index in [0.717, 1.165) is 19.3 Å². The lowest BCUT2D eigenvalue weighted by atomic mass is 9.89. The summed E-state index contributed by atoms with van der Waals surface area (Å²) in [6, 6.07) is 4.47. The molecule has 7 nitrogen and oxygen atoms in total. The molecule has 2 amide bonds. The van der Waals surface area contributed by atoms with Crippen molar-refractivity contribution in [1.82, 2.24) is 14.8 Å². The third-order valence-electron chi connectivity index (χ3n) is 6.74. The van der Waals surface area contributed by atoms with E-state index in [9.17, 15) is 23.9 Å². The van der Waals surface area contributed by atoms with E-state index in [0.29, 0.717) is 31.6 Å². The predicted octanol–water partition coefficient (Wildman–Crippen LogP) is 2.56. The van der Waals surface area contributed by atoms with E-state index in [1.54, 1.807) is 15.5 Å². The van der Waals surface area contributed by atoms with Gasteiger partial charge in [-0.25, -0.2) is 4.39 Å². The van der Waals surface area contributed by atoms with Gasteiger partial charge in [0.25, 0.3) is 11.8 Å². The number of hydrogen-bond acceptors (Lipinski definition) is 4. The van der Waals surface area contributed by atoms with E-state index in [-0.39, 0.29) is 34.3 Å². The summed E-state index contributed by atoms with van der Waals surface area (Å²) in [4.78, 5) is 40.7. The standard InChI is InChI=1S/C22H21ClFN3O4/c23-13-5-3-4-12(16(13)24)10-25-20(30)15-14-6-8-22-7-1-2-9-26(11-22)21(31)17(27(14)22)19(29)18(15)28/h3-5,29H,1-2,6-11H2,(H,25,30). The van der Waals surface area contributed by atoms with E-state index in [4.69, 9.17) is 11.6 Å². The number of benzene rings is 1. The molecular formula is C22H21ClFN3O4. The number of halogens is 2. The molecule has 0 saturated carbocycles. The van der Waals surface area contributed by atoms with Crippen LogP contribution >= 0.6 is 11.6 Å². The average molecular weight is 446 g/mol. The first-order chi connectivity index (χ1) is 14.8. The van der Waals surface area contributed by atoms with Gasteiger partial charge >= 0.3 is 0 Å². The van der Waals surface area contributed by atoms with Crippen LogP contribution in [-0.2, 0) is 18.5 Å². The Kier molecular flexibility index (Phi) is 4.58. The van der Waals surface area contributed by atoms with Crippen molar-refractivity contribution in [3.63, 3.8) is 0 Å². The van der Waals surface area contributed by atoms with Gasteiger partial charge in [0.2, 0.25) is 5.43 Å². The van der Waals surface area contributed by atoms with Gasteiger partial charge < -0.3 is 19.9 Å². The monoisotopic (exact) mass is 445 g/mol. The van der Waals surface area contributed by atoms with Gasteiger partial charge in [0.1, 0.15) is 11.4 Å². The highest BCUT2D eigenvalue weighted by Gasteiger charge is 2.50. The van der Waals surface area contributed by atoms with Crippen LogP contribution in [-0.4, -0.2) is 39.5 Å². The van der Waals surface area contributed by atoms with Crippen LogP contribution in [0.3, 0.4) is 0 Å². The minimum Gasteiger partial charge on any atom is -0.503 e. The number of amides is 2. The average Bonchev–Trinajstić information content (AvgIpc) is 2.98. The lowest BCUT2D eigenvalue weighted by Gasteiger charge is -2.41. The van der Waals surface area contributed by atoms with Crippen molar-refractivity contribution in [2.75, 3.05) is 13.1 Å². The lowest BCUT2D eigenvalue weighted by Crippen LogP contribution is -2.52. The molecule has 1 aromatic heterocycles. The molecule has 2 N–H and O–H groups in total. The smallest absolute Gasteiger partial charge is 0.274 e. The fourth-order valence-corrected chi connectivity index (χ4v) is 5.49. The van der Waals surface area contributed by atoms with Gasteiger partial charge in [-0.3, -0.25) is 14.4 Å². The molecule has 1 atom stereocenters. The molecule has 1 unspecified atom stereocenters. The zero-order chi connectivity index (χ0) is 21.9. The quantitative estimate of drug-likeness (QED) is 0.759. The van der Waals surface area contributed by atoms with Crippen LogP contribution < -0.4 is 10.7 Å². The molecule has 1 aromatic carbocycles. The third-order valence-corrected chi connectivity index (χ3v) is 7.04. The molecule has 2 aromatic rings. The first-order valence-corrected chi connectivity index (χ1v) is 10.7. The van der Waals surface area contributed by atoms with E-state index in [1.807, 2.05) is 0 Å². The molecule has 0 radical (unpaired) electrons. The Labute approximate surface area is 182 Å². The van der Waals surface area contributed by atoms with Crippen LogP contribution in [0, 0.1) is 5.82 Å². The van der Waals surface area contributed by atoms with Crippen LogP contribution in [0.25, 0.3) is 0 Å². The van der Waals surface area contributed by atoms with Gasteiger partial charge in [0.15, 0.2) is 11.4 Å². The molecule has 9 heteroatoms. The molecule has 5 rings (SSSR count). The fourth-order valence-electron chi connectivity index (χ4n) is 5.29. The van der Waals surface area contributed by atoms with Crippen LogP contribution in [0.5, 0.6) is 5.75 Å². The summed E-state index contributed by atoms with van der Waals surface area (Å²) >= 11 is 5.79. The molecule has 1 fully saturated rings. The minimum atomic E-state index is -0.865. The Morgan fingerprint density at radius 1 is 1.26 bits per heavy atom. The normalized spacial score (nSPS) is 21.6. The number of hydrogen-bond donors (Lipinski definition) is 2. The number of rotatable bonds is 3. The molecule has 1 saturated heterocycles. The van der Waals surface area contributed by atoms with Gasteiger partial charge in [0, 0.05) is 30.9 Å². The second kappa shape index (κ2) is 7.09. The summed E-state index contributed by atoms with van der Waals surface area (Å²) in [6.45, 7) is 0.949. The van der Waals surface area contributed by atoms with Crippen molar-refractivity contribution in [3.8, 4) is 5.75 Å². The summed E-state index contributed by atoms with van der Waals surface area (Å²) in [7, 11) is 0. The summed E-state index contributed by atoms with van der Waals surface area (Å²) in [5, 5.41) is 13.2. The van der Waals surface area contributed by atoms with Gasteiger partial charge in [0.05, 0.1) is 10.6 Å². The van der Waals surface area contributed by atoms with Gasteiger partial charge in [-0.05, 0) is 38.2 Å². The van der Waals surface area contributed by atoms with Crippen molar-refractivity contribution >= 4 is 23.4 Å². The Bertz CT molecular complexity index is 1190. The molecule has 3 aliphatic heterocycles. The van der Waals surface area contributed by atoms with Crippen molar-refractivity contribution in [1.29, 1.82) is 0 Å². The van der Waals surface area contributed by atoms with Gasteiger partial charge in [-0.15, -0.1) is 0 Å². The number of nitrogens with one attached hydrogen (secondary N) is 1. The molecule has 1 spiro atoms. The largest absolute Gasteiger partial charge is 0.503 e. The van der Waals surface area contributed by atoms with Gasteiger partial charge in [-0.1, -0.05) is 23.7 Å². The molecule has 3 aliphatic rings. The topological polar surface area (TPSA) is 91.6 Å². The molecule has 162 valence electrons. The van der Waals surface area contributed by atoms with Crippen LogP contribution in [0.15, 0.2) is 23.0 Å². The second-order valence-electron chi connectivity index (χ2n) is 8.49. The molecular weight excluding hydrogens is 425 g/mol. The van der Waals surface area contributed by atoms with E-state index >= 15 is 0 Å². The zero-order valence-corrected chi connectivity index (χ0v) is 17.5. The Morgan fingerprint density at radius 2 is 2.06 bits per heavy atom. The summed E-state index contributed by atoms with van der Waals surface area (Å²) in [5.74, 6) is -2.40. The Balaban J connectivity index is 1.58. The van der Waals surface area contributed by atoms with Gasteiger partial charge in [-0.2, -0.15) is 0 Å². The Morgan fingerprint density at radius 3 is 2.87 bits per heavy atom. The van der Waals surface area contributed by atoms with E-state index in [1.165, 1.54) is 12.1 Å². The van der Waals surface area contributed by atoms with E-state index < -0.39 is 28.4 Å². The molecule has 2 bridgehead atoms. The van der Waals surface area contributed by atoms with Crippen molar-refractivity contribution in [2.24, 2.45) is 0 Å². The highest BCUT2D eigenvalue weighted by atomic mass is 35.5. The maximum Gasteiger partial charge on any atom is 0.274 e. The third kappa shape index (κ3) is 2.88. The number of aromatic hydroxyl groups is 1. The van der Waals surface area contributed by atoms with Crippen LogP contribution in [0.4, 0.5) is 4.39 Å². The number of nitrogens with zero attached hydrogens (tertiary/aromatic N) is 2. The summed E-state index contributed by atoms with van der Waals surface area (Å²) < 4.78 is 15.9. The zero-order valence-electron chi connectivity index (χ0n) is 16.7. The van der Waals surface area contributed by atoms with E-state index in [2.05, 4.69) is 5.32 Å². The summed E-state index contributed by atoms with van der Waals surface area (Å²) in [6.07, 6.45) is 3.74. The van der Waals surface area contributed by atoms with Crippen LogP contribution in [0.1, 0.15) is 57.8 Å².